The van der Waals surface area contributed by atoms with Gasteiger partial charge in [-0.05, 0) is 68.6 Å². The summed E-state index contributed by atoms with van der Waals surface area (Å²) in [5, 5.41) is 0. The Morgan fingerprint density at radius 3 is 1.90 bits per heavy atom. The third-order valence-corrected chi connectivity index (χ3v) is 6.62. The van der Waals surface area contributed by atoms with Crippen molar-refractivity contribution in [1.82, 2.24) is 4.90 Å². The number of amides is 1. The van der Waals surface area contributed by atoms with Gasteiger partial charge in [-0.1, -0.05) is 20.4 Å². The monoisotopic (exact) mass is 275 g/mol. The minimum atomic E-state index is 0.0868. The van der Waals surface area contributed by atoms with Crippen LogP contribution in [0.3, 0.4) is 0 Å². The van der Waals surface area contributed by atoms with E-state index in [0.717, 1.165) is 11.8 Å². The number of nitrogens with zero attached hydrogens (tertiary/aromatic N) is 1. The molecule has 112 valence electrons. The van der Waals surface area contributed by atoms with E-state index in [1.54, 1.807) is 0 Å². The third-order valence-electron chi connectivity index (χ3n) is 6.62. The van der Waals surface area contributed by atoms with Gasteiger partial charge in [0, 0.05) is 12.6 Å². The van der Waals surface area contributed by atoms with Crippen molar-refractivity contribution in [3.63, 3.8) is 0 Å². The lowest BCUT2D eigenvalue weighted by atomic mass is 9.45. The summed E-state index contributed by atoms with van der Waals surface area (Å²) in [5.41, 5.74) is 0.769. The van der Waals surface area contributed by atoms with Crippen molar-refractivity contribution in [2.75, 3.05) is 7.05 Å². The Kier molecular flexibility index (Phi) is 3.26. The van der Waals surface area contributed by atoms with Gasteiger partial charge in [0.15, 0.2) is 0 Å². The highest BCUT2D eigenvalue weighted by molar-refractivity contribution is 5.92. The normalized spacial score (nSPS) is 42.0. The van der Waals surface area contributed by atoms with Crippen LogP contribution in [-0.4, -0.2) is 23.4 Å². The molecule has 0 N–H and O–H groups in total. The molecule has 2 heteroatoms. The molecule has 20 heavy (non-hydrogen) atoms. The maximum absolute atomic E-state index is 12.6. The second-order valence-electron chi connectivity index (χ2n) is 7.99. The van der Waals surface area contributed by atoms with Crippen LogP contribution in [0.15, 0.2) is 12.2 Å². The highest BCUT2D eigenvalue weighted by atomic mass is 16.2. The Balaban J connectivity index is 2.00. The first-order chi connectivity index (χ1) is 9.37. The Bertz CT molecular complexity index is 409. The molecule has 2 nitrogen and oxygen atoms in total. The molecule has 0 spiro atoms. The van der Waals surface area contributed by atoms with E-state index in [9.17, 15) is 4.79 Å². The molecular weight excluding hydrogens is 246 g/mol. The van der Waals surface area contributed by atoms with Crippen molar-refractivity contribution in [2.24, 2.45) is 29.6 Å². The van der Waals surface area contributed by atoms with Gasteiger partial charge in [0.1, 0.15) is 0 Å². The van der Waals surface area contributed by atoms with E-state index in [0.29, 0.717) is 23.3 Å². The summed E-state index contributed by atoms with van der Waals surface area (Å²) < 4.78 is 0. The van der Waals surface area contributed by atoms with E-state index in [4.69, 9.17) is 0 Å². The van der Waals surface area contributed by atoms with Crippen LogP contribution in [0.2, 0.25) is 0 Å². The third kappa shape index (κ3) is 1.72. The zero-order valence-electron chi connectivity index (χ0n) is 13.5. The summed E-state index contributed by atoms with van der Waals surface area (Å²) in [6.07, 6.45) is 6.84. The smallest absolute Gasteiger partial charge is 0.249 e. The zero-order valence-corrected chi connectivity index (χ0v) is 13.5. The highest BCUT2D eigenvalue weighted by Crippen LogP contribution is 2.62. The number of likely N-dealkylation sites (N-methyl/N-ethyl adjacent to an activating group) is 1. The molecule has 0 atom stereocenters. The fourth-order valence-electron chi connectivity index (χ4n) is 6.28. The fourth-order valence-corrected chi connectivity index (χ4v) is 6.28. The molecule has 4 aliphatic rings. The summed E-state index contributed by atoms with van der Waals surface area (Å²) in [6, 6.07) is 0. The molecule has 0 heterocycles. The van der Waals surface area contributed by atoms with Gasteiger partial charge >= 0.3 is 0 Å². The summed E-state index contributed by atoms with van der Waals surface area (Å²) in [5.74, 6) is 4.01. The lowest BCUT2D eigenvalue weighted by molar-refractivity contribution is -0.168. The number of carbonyl (C=O) groups excluding carboxylic acids is 1. The van der Waals surface area contributed by atoms with Crippen molar-refractivity contribution in [1.29, 1.82) is 0 Å². The number of hydrogen-bond donors (Lipinski definition) is 0. The van der Waals surface area contributed by atoms with Gasteiger partial charge in [-0.25, -0.2) is 0 Å². The van der Waals surface area contributed by atoms with Crippen molar-refractivity contribution >= 4 is 5.91 Å². The average molecular weight is 275 g/mol. The Morgan fingerprint density at radius 1 is 1.10 bits per heavy atom. The van der Waals surface area contributed by atoms with Crippen LogP contribution >= 0.6 is 0 Å². The molecule has 0 aromatic heterocycles. The summed E-state index contributed by atoms with van der Waals surface area (Å²) >= 11 is 0. The second-order valence-corrected chi connectivity index (χ2v) is 7.99. The molecule has 4 fully saturated rings. The molecule has 1 amide bonds. The van der Waals surface area contributed by atoms with Gasteiger partial charge in [-0.3, -0.25) is 4.79 Å². The van der Waals surface area contributed by atoms with Crippen molar-refractivity contribution in [2.45, 2.75) is 58.4 Å². The van der Waals surface area contributed by atoms with Crippen LogP contribution in [0.4, 0.5) is 0 Å². The molecule has 0 radical (unpaired) electrons. The lowest BCUT2D eigenvalue weighted by Crippen LogP contribution is -2.68. The first-order valence-corrected chi connectivity index (χ1v) is 8.31. The second kappa shape index (κ2) is 4.61. The molecular formula is C18H29NO. The first-order valence-electron chi connectivity index (χ1n) is 8.31. The van der Waals surface area contributed by atoms with Crippen molar-refractivity contribution in [3.8, 4) is 0 Å². The Labute approximate surface area is 123 Å². The van der Waals surface area contributed by atoms with Crippen LogP contribution in [-0.2, 0) is 4.79 Å². The number of rotatable bonds is 3. The summed E-state index contributed by atoms with van der Waals surface area (Å²) in [6.45, 7) is 10.4. The highest BCUT2D eigenvalue weighted by Gasteiger charge is 2.60. The standard InChI is InChI=1S/C18H29NO/c1-11(2)17(20)19(5)18(12(3)4)15-7-13-6-14(9-15)10-16(18)8-13/h12-16H,1,6-10H2,2-5H3. The molecule has 4 aliphatic carbocycles. The van der Waals surface area contributed by atoms with Crippen molar-refractivity contribution in [3.05, 3.63) is 12.2 Å². The average Bonchev–Trinajstić information content (AvgIpc) is 2.36. The van der Waals surface area contributed by atoms with Gasteiger partial charge in [0.2, 0.25) is 5.91 Å². The largest absolute Gasteiger partial charge is 0.336 e. The molecule has 0 aromatic carbocycles. The first kappa shape index (κ1) is 14.2. The van der Waals surface area contributed by atoms with E-state index >= 15 is 0 Å². The number of hydrogen-bond acceptors (Lipinski definition) is 1. The van der Waals surface area contributed by atoms with Crippen LogP contribution in [0.5, 0.6) is 0 Å². The molecule has 0 aliphatic heterocycles. The SMILES string of the molecule is C=C(C)C(=O)N(C)C1(C(C)C)C2CC3CC(C2)CC1C3. The van der Waals surface area contributed by atoms with Crippen molar-refractivity contribution < 1.29 is 4.79 Å². The zero-order chi connectivity index (χ0) is 14.7. The predicted molar refractivity (Wildman–Crippen MR) is 82.2 cm³/mol. The van der Waals surface area contributed by atoms with Gasteiger partial charge in [0.05, 0.1) is 5.54 Å². The summed E-state index contributed by atoms with van der Waals surface area (Å²) in [4.78, 5) is 14.7. The molecule has 4 saturated carbocycles. The minimum Gasteiger partial charge on any atom is -0.336 e. The topological polar surface area (TPSA) is 20.3 Å². The van der Waals surface area contributed by atoms with Gasteiger partial charge in [-0.15, -0.1) is 0 Å². The van der Waals surface area contributed by atoms with E-state index in [2.05, 4.69) is 25.3 Å². The Morgan fingerprint density at radius 2 is 1.55 bits per heavy atom. The minimum absolute atomic E-state index is 0.0868. The lowest BCUT2D eigenvalue weighted by Gasteiger charge is -2.65. The Hall–Kier alpha value is -0.790. The van der Waals surface area contributed by atoms with Gasteiger partial charge in [-0.2, -0.15) is 0 Å². The fraction of sp³-hybridized carbons (Fsp3) is 0.833. The number of carbonyl (C=O) groups is 1. The van der Waals surface area contributed by atoms with Crippen LogP contribution in [0.1, 0.15) is 52.9 Å². The molecule has 0 unspecified atom stereocenters. The summed E-state index contributed by atoms with van der Waals surface area (Å²) in [7, 11) is 2.04. The van der Waals surface area contributed by atoms with E-state index in [-0.39, 0.29) is 11.4 Å². The molecule has 4 bridgehead atoms. The maximum Gasteiger partial charge on any atom is 0.249 e. The van der Waals surface area contributed by atoms with E-state index in [1.165, 1.54) is 32.1 Å². The predicted octanol–water partition coefficient (Wildman–Crippen LogP) is 3.87. The molecule has 0 saturated heterocycles. The van der Waals surface area contributed by atoms with Crippen LogP contribution in [0.25, 0.3) is 0 Å². The van der Waals surface area contributed by atoms with E-state index < -0.39 is 0 Å². The van der Waals surface area contributed by atoms with E-state index in [1.807, 2.05) is 14.0 Å². The molecule has 0 aromatic rings. The quantitative estimate of drug-likeness (QED) is 0.716. The van der Waals surface area contributed by atoms with Crippen LogP contribution < -0.4 is 0 Å². The van der Waals surface area contributed by atoms with Gasteiger partial charge < -0.3 is 4.90 Å². The van der Waals surface area contributed by atoms with Crippen LogP contribution in [0, 0.1) is 29.6 Å². The maximum atomic E-state index is 12.6. The van der Waals surface area contributed by atoms with Gasteiger partial charge in [0.25, 0.3) is 0 Å². The molecule has 4 rings (SSSR count).